The van der Waals surface area contributed by atoms with Gasteiger partial charge in [-0.15, -0.1) is 13.2 Å². The first-order chi connectivity index (χ1) is 15.7. The molecule has 0 aliphatic heterocycles. The largest absolute Gasteiger partial charge is 0.573 e. The fourth-order valence-electron chi connectivity index (χ4n) is 4.63. The number of alkyl halides is 3. The van der Waals surface area contributed by atoms with Crippen molar-refractivity contribution < 1.29 is 31.1 Å². The van der Waals surface area contributed by atoms with Crippen LogP contribution in [0.15, 0.2) is 24.3 Å². The molecule has 0 saturated carbocycles. The van der Waals surface area contributed by atoms with Crippen molar-refractivity contribution in [1.82, 2.24) is 0 Å². The zero-order chi connectivity index (χ0) is 24.0. The number of ether oxygens (including phenoxy) is 1. The van der Waals surface area contributed by atoms with Crippen molar-refractivity contribution in [2.24, 2.45) is 5.92 Å². The van der Waals surface area contributed by atoms with E-state index in [1.165, 1.54) is 24.6 Å². The van der Waals surface area contributed by atoms with Crippen LogP contribution in [0.1, 0.15) is 74.1 Å². The number of hydrogen-bond donors (Lipinski definition) is 0. The van der Waals surface area contributed by atoms with E-state index in [9.17, 15) is 26.3 Å². The normalized spacial score (nSPS) is 16.0. The van der Waals surface area contributed by atoms with Gasteiger partial charge in [0.1, 0.15) is 11.6 Å². The molecule has 2 aromatic carbocycles. The number of rotatable bonds is 10. The topological polar surface area (TPSA) is 9.23 Å². The summed E-state index contributed by atoms with van der Waals surface area (Å²) < 4.78 is 84.6. The maximum absolute atomic E-state index is 14.6. The summed E-state index contributed by atoms with van der Waals surface area (Å²) in [6, 6.07) is 5.28. The fourth-order valence-corrected chi connectivity index (χ4v) is 4.63. The summed E-state index contributed by atoms with van der Waals surface area (Å²) in [6.07, 6.45) is 3.11. The Morgan fingerprint density at radius 1 is 0.939 bits per heavy atom. The summed E-state index contributed by atoms with van der Waals surface area (Å²) in [6.45, 7) is 2.14. The summed E-state index contributed by atoms with van der Waals surface area (Å²) in [5, 5.41) is 0. The minimum Gasteiger partial charge on any atom is -0.403 e. The van der Waals surface area contributed by atoms with Crippen molar-refractivity contribution in [2.45, 2.75) is 83.9 Å². The zero-order valence-corrected chi connectivity index (χ0v) is 18.8. The number of aryl methyl sites for hydroxylation is 1. The van der Waals surface area contributed by atoms with Crippen LogP contribution in [0, 0.1) is 23.4 Å². The van der Waals surface area contributed by atoms with Crippen LogP contribution in [0.3, 0.4) is 0 Å². The Kier molecular flexibility index (Phi) is 8.71. The molecule has 0 heterocycles. The highest BCUT2D eigenvalue weighted by Crippen LogP contribution is 2.36. The van der Waals surface area contributed by atoms with Gasteiger partial charge in [-0.3, -0.25) is 0 Å². The summed E-state index contributed by atoms with van der Waals surface area (Å²) >= 11 is 0. The average molecular weight is 473 g/mol. The molecule has 0 saturated heterocycles. The molecule has 7 heteroatoms. The smallest absolute Gasteiger partial charge is 0.403 e. The van der Waals surface area contributed by atoms with Crippen LogP contribution in [0.5, 0.6) is 5.75 Å². The minimum absolute atomic E-state index is 0.0654. The highest BCUT2D eigenvalue weighted by Gasteiger charge is 2.34. The lowest BCUT2D eigenvalue weighted by Gasteiger charge is -2.26. The molecule has 1 unspecified atom stereocenters. The molecule has 33 heavy (non-hydrogen) atoms. The molecule has 182 valence electrons. The Balaban J connectivity index is 1.57. The second-order valence-electron chi connectivity index (χ2n) is 8.91. The van der Waals surface area contributed by atoms with E-state index in [1.807, 2.05) is 0 Å². The number of unbranched alkanes of at least 4 members (excludes halogenated alkanes) is 4. The van der Waals surface area contributed by atoms with Crippen molar-refractivity contribution in [3.05, 3.63) is 64.0 Å². The summed E-state index contributed by atoms with van der Waals surface area (Å²) in [5.74, 6) is -2.80. The van der Waals surface area contributed by atoms with Gasteiger partial charge in [-0.1, -0.05) is 38.7 Å². The van der Waals surface area contributed by atoms with Gasteiger partial charge in [0.2, 0.25) is 0 Å². The van der Waals surface area contributed by atoms with E-state index in [4.69, 9.17) is 0 Å². The summed E-state index contributed by atoms with van der Waals surface area (Å²) in [5.41, 5.74) is 1.59. The van der Waals surface area contributed by atoms with E-state index in [0.717, 1.165) is 31.7 Å². The second kappa shape index (κ2) is 11.3. The average Bonchev–Trinajstić information content (AvgIpc) is 2.74. The fraction of sp³-hybridized carbons (Fsp3) is 0.538. The van der Waals surface area contributed by atoms with E-state index < -0.39 is 29.6 Å². The SMILES string of the molecule is CCCCCCCc1cc(F)c(CCC2CCc3c(ccc(OC(F)(F)F)c3F)C2)c(F)c1. The Morgan fingerprint density at radius 2 is 1.64 bits per heavy atom. The van der Waals surface area contributed by atoms with Gasteiger partial charge in [0.15, 0.2) is 11.6 Å². The second-order valence-corrected chi connectivity index (χ2v) is 8.91. The van der Waals surface area contributed by atoms with E-state index in [-0.39, 0.29) is 29.9 Å². The molecule has 3 rings (SSSR count). The van der Waals surface area contributed by atoms with Crippen molar-refractivity contribution in [2.75, 3.05) is 0 Å². The van der Waals surface area contributed by atoms with Gasteiger partial charge in [-0.25, -0.2) is 13.2 Å². The van der Waals surface area contributed by atoms with Gasteiger partial charge in [-0.2, -0.15) is 0 Å². The minimum atomic E-state index is -4.95. The van der Waals surface area contributed by atoms with Crippen LogP contribution in [0.4, 0.5) is 26.3 Å². The van der Waals surface area contributed by atoms with E-state index in [1.54, 1.807) is 0 Å². The highest BCUT2D eigenvalue weighted by molar-refractivity contribution is 5.39. The maximum Gasteiger partial charge on any atom is 0.573 e. The quantitative estimate of drug-likeness (QED) is 0.250. The molecule has 2 aromatic rings. The van der Waals surface area contributed by atoms with Crippen LogP contribution >= 0.6 is 0 Å². The molecule has 0 bridgehead atoms. The lowest BCUT2D eigenvalue weighted by atomic mass is 9.80. The zero-order valence-electron chi connectivity index (χ0n) is 18.8. The highest BCUT2D eigenvalue weighted by atomic mass is 19.4. The molecule has 0 spiro atoms. The molecule has 1 aliphatic rings. The molecular formula is C26H30F6O. The van der Waals surface area contributed by atoms with Crippen molar-refractivity contribution in [1.29, 1.82) is 0 Å². The molecule has 0 N–H and O–H groups in total. The Labute approximate surface area is 191 Å². The van der Waals surface area contributed by atoms with E-state index >= 15 is 0 Å². The van der Waals surface area contributed by atoms with Crippen LogP contribution in [0.25, 0.3) is 0 Å². The monoisotopic (exact) mass is 472 g/mol. The number of halogens is 6. The number of fused-ring (bicyclic) bond motifs is 1. The third-order valence-electron chi connectivity index (χ3n) is 6.41. The summed E-state index contributed by atoms with van der Waals surface area (Å²) in [4.78, 5) is 0. The Morgan fingerprint density at radius 3 is 2.30 bits per heavy atom. The van der Waals surface area contributed by atoms with E-state index in [2.05, 4.69) is 11.7 Å². The van der Waals surface area contributed by atoms with Crippen molar-refractivity contribution in [3.63, 3.8) is 0 Å². The van der Waals surface area contributed by atoms with E-state index in [0.29, 0.717) is 36.8 Å². The van der Waals surface area contributed by atoms with Gasteiger partial charge in [0.25, 0.3) is 0 Å². The molecule has 0 amide bonds. The third-order valence-corrected chi connectivity index (χ3v) is 6.41. The lowest BCUT2D eigenvalue weighted by molar-refractivity contribution is -0.275. The molecule has 1 aliphatic carbocycles. The molecular weight excluding hydrogens is 442 g/mol. The standard InChI is InChI=1S/C26H30F6O/c1-2-3-4-5-6-7-18-15-22(27)21(23(28)16-18)12-9-17-8-11-20-19(14-17)10-13-24(25(20)29)33-26(30,31)32/h10,13,15-17H,2-9,11-12,14H2,1H3. The van der Waals surface area contributed by atoms with Crippen LogP contribution in [-0.2, 0) is 25.7 Å². The number of hydrogen-bond acceptors (Lipinski definition) is 1. The van der Waals surface area contributed by atoms with Crippen LogP contribution in [0.2, 0.25) is 0 Å². The molecule has 0 fully saturated rings. The lowest BCUT2D eigenvalue weighted by Crippen LogP contribution is -2.21. The molecule has 1 nitrogen and oxygen atoms in total. The summed E-state index contributed by atoms with van der Waals surface area (Å²) in [7, 11) is 0. The Hall–Kier alpha value is -2.18. The Bertz CT molecular complexity index is 914. The molecule has 1 atom stereocenters. The van der Waals surface area contributed by atoms with Crippen molar-refractivity contribution in [3.8, 4) is 5.75 Å². The first-order valence-electron chi connectivity index (χ1n) is 11.7. The number of benzene rings is 2. The first kappa shape index (κ1) is 25.4. The van der Waals surface area contributed by atoms with Crippen LogP contribution in [-0.4, -0.2) is 6.36 Å². The van der Waals surface area contributed by atoms with Gasteiger partial charge in [0.05, 0.1) is 0 Å². The predicted octanol–water partition coefficient (Wildman–Crippen LogP) is 8.25. The van der Waals surface area contributed by atoms with Gasteiger partial charge >= 0.3 is 6.36 Å². The van der Waals surface area contributed by atoms with Gasteiger partial charge < -0.3 is 4.74 Å². The first-order valence-corrected chi connectivity index (χ1v) is 11.7. The third kappa shape index (κ3) is 7.15. The van der Waals surface area contributed by atoms with Gasteiger partial charge in [-0.05, 0) is 85.8 Å². The van der Waals surface area contributed by atoms with Gasteiger partial charge in [0, 0.05) is 5.56 Å². The maximum atomic E-state index is 14.6. The predicted molar refractivity (Wildman–Crippen MR) is 116 cm³/mol. The van der Waals surface area contributed by atoms with Crippen molar-refractivity contribution >= 4 is 0 Å². The van der Waals surface area contributed by atoms with Crippen LogP contribution < -0.4 is 4.74 Å². The molecule has 0 radical (unpaired) electrons. The molecule has 0 aromatic heterocycles.